The summed E-state index contributed by atoms with van der Waals surface area (Å²) in [7, 11) is 0. The van der Waals surface area contributed by atoms with E-state index in [9.17, 15) is 4.79 Å². The summed E-state index contributed by atoms with van der Waals surface area (Å²) in [5.41, 5.74) is 2.51. The molecule has 1 aromatic carbocycles. The zero-order valence-corrected chi connectivity index (χ0v) is 13.5. The van der Waals surface area contributed by atoms with Gasteiger partial charge in [0, 0.05) is 29.3 Å². The number of carbonyl (C=O) groups is 1. The molecule has 0 aliphatic carbocycles. The largest absolute Gasteiger partial charge is 0.379 e. The van der Waals surface area contributed by atoms with Gasteiger partial charge in [-0.3, -0.25) is 9.78 Å². The van der Waals surface area contributed by atoms with Crippen molar-refractivity contribution in [2.45, 2.75) is 32.4 Å². The molecule has 1 N–H and O–H groups in total. The smallest absolute Gasteiger partial charge is 0.251 e. The van der Waals surface area contributed by atoms with Crippen molar-refractivity contribution in [3.8, 4) is 0 Å². The van der Waals surface area contributed by atoms with Crippen LogP contribution in [0, 0.1) is 6.92 Å². The molecule has 2 heterocycles. The highest BCUT2D eigenvalue weighted by atomic mass is 16.5. The average molecular weight is 314 g/mol. The van der Waals surface area contributed by atoms with Crippen molar-refractivity contribution in [3.05, 3.63) is 41.6 Å². The lowest BCUT2D eigenvalue weighted by atomic mass is 10.1. The number of rotatable bonds is 5. The lowest BCUT2D eigenvalue weighted by Crippen LogP contribution is -2.37. The molecule has 5 heteroatoms. The number of hydrogen-bond acceptors (Lipinski definition) is 4. The van der Waals surface area contributed by atoms with Crippen LogP contribution >= 0.6 is 0 Å². The second-order valence-corrected chi connectivity index (χ2v) is 6.05. The van der Waals surface area contributed by atoms with E-state index in [0.29, 0.717) is 18.8 Å². The Labute approximate surface area is 136 Å². The zero-order valence-electron chi connectivity index (χ0n) is 13.5. The molecule has 1 aromatic heterocycles. The standard InChI is InChI=1S/C18H22N2O3/c1-12-3-4-14-9-15(5-6-17(14)19-12)18(21)20-13(2)10-23-16-7-8-22-11-16/h3-6,9,13,16H,7-8,10-11H2,1-2H3,(H,20,21)/t13-,16+/m0/s1. The van der Waals surface area contributed by atoms with Crippen LogP contribution in [0.15, 0.2) is 30.3 Å². The van der Waals surface area contributed by atoms with Gasteiger partial charge in [0.25, 0.3) is 5.91 Å². The summed E-state index contributed by atoms with van der Waals surface area (Å²) in [6.45, 7) is 5.80. The zero-order chi connectivity index (χ0) is 16.2. The Hall–Kier alpha value is -1.98. The summed E-state index contributed by atoms with van der Waals surface area (Å²) >= 11 is 0. The number of nitrogens with one attached hydrogen (secondary N) is 1. The first-order valence-corrected chi connectivity index (χ1v) is 7.99. The van der Waals surface area contributed by atoms with Gasteiger partial charge in [-0.15, -0.1) is 0 Å². The molecule has 5 nitrogen and oxygen atoms in total. The Morgan fingerprint density at radius 3 is 3.09 bits per heavy atom. The Morgan fingerprint density at radius 2 is 2.30 bits per heavy atom. The molecule has 2 aromatic rings. The Kier molecular flexibility index (Phi) is 4.88. The van der Waals surface area contributed by atoms with Crippen LogP contribution in [0.4, 0.5) is 0 Å². The molecule has 1 fully saturated rings. The molecular weight excluding hydrogens is 292 g/mol. The minimum Gasteiger partial charge on any atom is -0.379 e. The summed E-state index contributed by atoms with van der Waals surface area (Å²) < 4.78 is 11.0. The van der Waals surface area contributed by atoms with Crippen molar-refractivity contribution in [2.75, 3.05) is 19.8 Å². The fourth-order valence-electron chi connectivity index (χ4n) is 2.64. The molecule has 1 amide bonds. The SMILES string of the molecule is Cc1ccc2cc(C(=O)N[C@@H](C)CO[C@@H]3CCOC3)ccc2n1. The van der Waals surface area contributed by atoms with E-state index in [-0.39, 0.29) is 18.1 Å². The van der Waals surface area contributed by atoms with Crippen LogP contribution in [0.1, 0.15) is 29.4 Å². The summed E-state index contributed by atoms with van der Waals surface area (Å²) in [4.78, 5) is 16.8. The summed E-state index contributed by atoms with van der Waals surface area (Å²) in [5.74, 6) is -0.0914. The minimum absolute atomic E-state index is 0.0464. The maximum Gasteiger partial charge on any atom is 0.251 e. The number of hydrogen-bond donors (Lipinski definition) is 1. The maximum atomic E-state index is 12.4. The lowest BCUT2D eigenvalue weighted by molar-refractivity contribution is 0.0318. The molecule has 122 valence electrons. The normalized spacial score (nSPS) is 19.0. The number of fused-ring (bicyclic) bond motifs is 1. The predicted molar refractivity (Wildman–Crippen MR) is 88.6 cm³/mol. The Bertz CT molecular complexity index is 696. The van der Waals surface area contributed by atoms with Crippen molar-refractivity contribution >= 4 is 16.8 Å². The highest BCUT2D eigenvalue weighted by Gasteiger charge is 2.18. The van der Waals surface area contributed by atoms with Gasteiger partial charge in [0.1, 0.15) is 0 Å². The van der Waals surface area contributed by atoms with Crippen molar-refractivity contribution < 1.29 is 14.3 Å². The van der Waals surface area contributed by atoms with E-state index in [1.165, 1.54) is 0 Å². The van der Waals surface area contributed by atoms with Crippen LogP contribution in [0.25, 0.3) is 10.9 Å². The van der Waals surface area contributed by atoms with Crippen molar-refractivity contribution in [1.29, 1.82) is 0 Å². The van der Waals surface area contributed by atoms with Crippen LogP contribution in [0.2, 0.25) is 0 Å². The quantitative estimate of drug-likeness (QED) is 0.921. The van der Waals surface area contributed by atoms with Crippen LogP contribution < -0.4 is 5.32 Å². The fourth-order valence-corrected chi connectivity index (χ4v) is 2.64. The van der Waals surface area contributed by atoms with Gasteiger partial charge in [-0.1, -0.05) is 6.07 Å². The number of benzene rings is 1. The van der Waals surface area contributed by atoms with Gasteiger partial charge in [0.15, 0.2) is 0 Å². The van der Waals surface area contributed by atoms with Crippen molar-refractivity contribution in [2.24, 2.45) is 0 Å². The monoisotopic (exact) mass is 314 g/mol. The topological polar surface area (TPSA) is 60.5 Å². The molecule has 23 heavy (non-hydrogen) atoms. The van der Waals surface area contributed by atoms with Gasteiger partial charge in [0.2, 0.25) is 0 Å². The first-order valence-electron chi connectivity index (χ1n) is 7.99. The number of aryl methyl sites for hydroxylation is 1. The number of carbonyl (C=O) groups excluding carboxylic acids is 1. The third-order valence-corrected chi connectivity index (χ3v) is 3.94. The average Bonchev–Trinajstić information content (AvgIpc) is 3.05. The van der Waals surface area contributed by atoms with Crippen LogP contribution in [0.5, 0.6) is 0 Å². The Morgan fingerprint density at radius 1 is 1.43 bits per heavy atom. The first-order chi connectivity index (χ1) is 11.1. The fraction of sp³-hybridized carbons (Fsp3) is 0.444. The Balaban J connectivity index is 1.59. The number of aromatic nitrogens is 1. The van der Waals surface area contributed by atoms with Gasteiger partial charge >= 0.3 is 0 Å². The highest BCUT2D eigenvalue weighted by molar-refractivity contribution is 5.98. The molecule has 1 saturated heterocycles. The molecule has 0 radical (unpaired) electrons. The van der Waals surface area contributed by atoms with Gasteiger partial charge in [-0.25, -0.2) is 0 Å². The van der Waals surface area contributed by atoms with Crippen molar-refractivity contribution in [1.82, 2.24) is 10.3 Å². The van der Waals surface area contributed by atoms with Crippen LogP contribution in [-0.4, -0.2) is 42.9 Å². The number of ether oxygens (including phenoxy) is 2. The molecule has 1 aliphatic rings. The first kappa shape index (κ1) is 15.9. The molecule has 0 saturated carbocycles. The lowest BCUT2D eigenvalue weighted by Gasteiger charge is -2.17. The van der Waals surface area contributed by atoms with E-state index >= 15 is 0 Å². The molecule has 1 aliphatic heterocycles. The number of amides is 1. The van der Waals surface area contributed by atoms with Gasteiger partial charge in [-0.2, -0.15) is 0 Å². The second kappa shape index (κ2) is 7.06. The summed E-state index contributed by atoms with van der Waals surface area (Å²) in [6.07, 6.45) is 1.09. The van der Waals surface area contributed by atoms with E-state index < -0.39 is 0 Å². The summed E-state index contributed by atoms with van der Waals surface area (Å²) in [6, 6.07) is 9.45. The van der Waals surface area contributed by atoms with Crippen molar-refractivity contribution in [3.63, 3.8) is 0 Å². The highest BCUT2D eigenvalue weighted by Crippen LogP contribution is 2.15. The van der Waals surface area contributed by atoms with E-state index in [2.05, 4.69) is 10.3 Å². The van der Waals surface area contributed by atoms with E-state index in [1.807, 2.05) is 44.2 Å². The van der Waals surface area contributed by atoms with Crippen LogP contribution in [-0.2, 0) is 9.47 Å². The third kappa shape index (κ3) is 4.06. The van der Waals surface area contributed by atoms with E-state index in [1.54, 1.807) is 0 Å². The van der Waals surface area contributed by atoms with Gasteiger partial charge in [-0.05, 0) is 44.5 Å². The second-order valence-electron chi connectivity index (χ2n) is 6.05. The summed E-state index contributed by atoms with van der Waals surface area (Å²) in [5, 5.41) is 3.94. The minimum atomic E-state index is -0.0914. The van der Waals surface area contributed by atoms with Gasteiger partial charge < -0.3 is 14.8 Å². The molecule has 2 atom stereocenters. The molecule has 3 rings (SSSR count). The molecule has 0 spiro atoms. The maximum absolute atomic E-state index is 12.4. The van der Waals surface area contributed by atoms with E-state index in [0.717, 1.165) is 29.6 Å². The molecule has 0 unspecified atom stereocenters. The third-order valence-electron chi connectivity index (χ3n) is 3.94. The number of pyridine rings is 1. The predicted octanol–water partition coefficient (Wildman–Crippen LogP) is 2.47. The molecule has 0 bridgehead atoms. The van der Waals surface area contributed by atoms with E-state index in [4.69, 9.17) is 9.47 Å². The van der Waals surface area contributed by atoms with Crippen LogP contribution in [0.3, 0.4) is 0 Å². The van der Waals surface area contributed by atoms with Gasteiger partial charge in [0.05, 0.1) is 24.8 Å². The molecular formula is C18H22N2O3. The number of nitrogens with zero attached hydrogens (tertiary/aromatic N) is 1.